The molecule has 2 rings (SSSR count). The Morgan fingerprint density at radius 3 is 2.50 bits per heavy atom. The number of halogens is 2. The SMILES string of the molecule is CCn1cc(CC(CBr)(CBr)C2CCCC2)cn1. The van der Waals surface area contributed by atoms with Crippen LogP contribution in [0.5, 0.6) is 0 Å². The highest BCUT2D eigenvalue weighted by atomic mass is 79.9. The van der Waals surface area contributed by atoms with Gasteiger partial charge < -0.3 is 0 Å². The van der Waals surface area contributed by atoms with Gasteiger partial charge in [0.15, 0.2) is 0 Å². The molecule has 0 saturated heterocycles. The van der Waals surface area contributed by atoms with Gasteiger partial charge in [0.2, 0.25) is 0 Å². The molecule has 1 heterocycles. The van der Waals surface area contributed by atoms with E-state index in [2.05, 4.69) is 50.1 Å². The van der Waals surface area contributed by atoms with E-state index in [-0.39, 0.29) is 0 Å². The minimum Gasteiger partial charge on any atom is -0.273 e. The molecule has 18 heavy (non-hydrogen) atoms. The van der Waals surface area contributed by atoms with Gasteiger partial charge in [-0.15, -0.1) is 0 Å². The monoisotopic (exact) mass is 376 g/mol. The van der Waals surface area contributed by atoms with E-state index < -0.39 is 0 Å². The molecular weight excluding hydrogens is 356 g/mol. The van der Waals surface area contributed by atoms with Gasteiger partial charge in [-0.2, -0.15) is 5.10 Å². The third-order valence-corrected chi connectivity index (χ3v) is 6.55. The maximum atomic E-state index is 4.40. The average Bonchev–Trinajstić information content (AvgIpc) is 3.07. The molecule has 4 heteroatoms. The van der Waals surface area contributed by atoms with Gasteiger partial charge in [-0.25, -0.2) is 0 Å². The van der Waals surface area contributed by atoms with Crippen LogP contribution in [0.1, 0.15) is 38.2 Å². The number of aryl methyl sites for hydroxylation is 1. The number of aromatic nitrogens is 2. The van der Waals surface area contributed by atoms with Gasteiger partial charge in [-0.05, 0) is 43.1 Å². The normalized spacial score (nSPS) is 17.5. The van der Waals surface area contributed by atoms with Gasteiger partial charge in [0.1, 0.15) is 0 Å². The summed E-state index contributed by atoms with van der Waals surface area (Å²) < 4.78 is 2.03. The van der Waals surface area contributed by atoms with Crippen molar-refractivity contribution in [3.05, 3.63) is 18.0 Å². The zero-order valence-corrected chi connectivity index (χ0v) is 14.2. The highest BCUT2D eigenvalue weighted by Gasteiger charge is 2.38. The lowest BCUT2D eigenvalue weighted by Gasteiger charge is -2.36. The van der Waals surface area contributed by atoms with Crippen molar-refractivity contribution in [3.63, 3.8) is 0 Å². The van der Waals surface area contributed by atoms with Gasteiger partial charge in [0.05, 0.1) is 6.20 Å². The summed E-state index contributed by atoms with van der Waals surface area (Å²) in [6.07, 6.45) is 11.0. The second kappa shape index (κ2) is 6.56. The molecular formula is C14H22Br2N2. The summed E-state index contributed by atoms with van der Waals surface area (Å²) in [7, 11) is 0. The Kier molecular flexibility index (Phi) is 5.31. The van der Waals surface area contributed by atoms with Crippen molar-refractivity contribution < 1.29 is 0 Å². The zero-order chi connectivity index (χ0) is 13.0. The summed E-state index contributed by atoms with van der Waals surface area (Å²) in [6.45, 7) is 3.09. The van der Waals surface area contributed by atoms with E-state index in [1.807, 2.05) is 10.9 Å². The molecule has 0 aliphatic heterocycles. The van der Waals surface area contributed by atoms with Crippen LogP contribution in [-0.4, -0.2) is 20.4 Å². The molecule has 1 aliphatic rings. The Morgan fingerprint density at radius 2 is 2.00 bits per heavy atom. The van der Waals surface area contributed by atoms with E-state index in [4.69, 9.17) is 0 Å². The predicted octanol–water partition coefficient (Wildman–Crippen LogP) is 4.41. The summed E-state index contributed by atoms with van der Waals surface area (Å²) >= 11 is 7.53. The summed E-state index contributed by atoms with van der Waals surface area (Å²) in [5.74, 6) is 0.848. The Hall–Kier alpha value is 0.170. The fourth-order valence-electron chi connectivity index (χ4n) is 3.11. The molecule has 0 radical (unpaired) electrons. The quantitative estimate of drug-likeness (QED) is 0.671. The molecule has 1 aromatic rings. The van der Waals surface area contributed by atoms with Crippen molar-refractivity contribution in [3.8, 4) is 0 Å². The number of alkyl halides is 2. The first-order valence-electron chi connectivity index (χ1n) is 6.87. The summed E-state index contributed by atoms with van der Waals surface area (Å²) in [5.41, 5.74) is 1.74. The van der Waals surface area contributed by atoms with E-state index in [1.165, 1.54) is 31.2 Å². The molecule has 1 aliphatic carbocycles. The standard InChI is InChI=1S/C14H22Br2N2/c1-2-18-9-12(8-17-18)7-14(10-15,11-16)13-5-3-4-6-13/h8-9,13H,2-7,10-11H2,1H3. The minimum absolute atomic E-state index is 0.359. The molecule has 0 atom stereocenters. The average molecular weight is 378 g/mol. The van der Waals surface area contributed by atoms with Crippen LogP contribution in [-0.2, 0) is 13.0 Å². The Bertz CT molecular complexity index is 366. The Labute approximate surface area is 127 Å². The molecule has 2 nitrogen and oxygen atoms in total. The number of hydrogen-bond acceptors (Lipinski definition) is 1. The molecule has 1 fully saturated rings. The van der Waals surface area contributed by atoms with E-state index in [0.29, 0.717) is 5.41 Å². The Balaban J connectivity index is 2.13. The van der Waals surface area contributed by atoms with Crippen LogP contribution in [0, 0.1) is 11.3 Å². The van der Waals surface area contributed by atoms with Gasteiger partial charge in [-0.1, -0.05) is 44.7 Å². The van der Waals surface area contributed by atoms with Gasteiger partial charge in [0, 0.05) is 23.4 Å². The van der Waals surface area contributed by atoms with E-state index in [1.54, 1.807) is 0 Å². The first kappa shape index (κ1) is 14.6. The molecule has 0 amide bonds. The van der Waals surface area contributed by atoms with Crippen molar-refractivity contribution in [1.82, 2.24) is 9.78 Å². The number of hydrogen-bond donors (Lipinski definition) is 0. The van der Waals surface area contributed by atoms with E-state index >= 15 is 0 Å². The van der Waals surface area contributed by atoms with Gasteiger partial charge >= 0.3 is 0 Å². The molecule has 0 aromatic carbocycles. The van der Waals surface area contributed by atoms with Crippen LogP contribution < -0.4 is 0 Å². The summed E-state index contributed by atoms with van der Waals surface area (Å²) in [4.78, 5) is 0. The van der Waals surface area contributed by atoms with E-state index in [9.17, 15) is 0 Å². The first-order chi connectivity index (χ1) is 8.74. The molecule has 0 spiro atoms. The lowest BCUT2D eigenvalue weighted by atomic mass is 9.74. The Morgan fingerprint density at radius 1 is 1.33 bits per heavy atom. The van der Waals surface area contributed by atoms with E-state index in [0.717, 1.165) is 29.5 Å². The third kappa shape index (κ3) is 3.01. The third-order valence-electron chi connectivity index (χ3n) is 4.32. The van der Waals surface area contributed by atoms with Crippen molar-refractivity contribution in [2.24, 2.45) is 11.3 Å². The van der Waals surface area contributed by atoms with Crippen molar-refractivity contribution in [2.45, 2.75) is 45.6 Å². The van der Waals surface area contributed by atoms with Crippen molar-refractivity contribution in [1.29, 1.82) is 0 Å². The first-order valence-corrected chi connectivity index (χ1v) is 9.11. The summed E-state index contributed by atoms with van der Waals surface area (Å²) in [5, 5.41) is 6.55. The van der Waals surface area contributed by atoms with Crippen LogP contribution in [0.25, 0.3) is 0 Å². The molecule has 0 N–H and O–H groups in total. The topological polar surface area (TPSA) is 17.8 Å². The van der Waals surface area contributed by atoms with Crippen LogP contribution in [0.2, 0.25) is 0 Å². The van der Waals surface area contributed by atoms with Crippen LogP contribution in [0.4, 0.5) is 0 Å². The predicted molar refractivity (Wildman–Crippen MR) is 83.6 cm³/mol. The van der Waals surface area contributed by atoms with Crippen LogP contribution in [0.15, 0.2) is 12.4 Å². The molecule has 0 bridgehead atoms. The maximum Gasteiger partial charge on any atom is 0.0521 e. The smallest absolute Gasteiger partial charge is 0.0521 e. The zero-order valence-electron chi connectivity index (χ0n) is 11.0. The van der Waals surface area contributed by atoms with Gasteiger partial charge in [0.25, 0.3) is 0 Å². The fourth-order valence-corrected chi connectivity index (χ4v) is 5.35. The fraction of sp³-hybridized carbons (Fsp3) is 0.786. The largest absolute Gasteiger partial charge is 0.273 e. The molecule has 0 unspecified atom stereocenters. The second-order valence-electron chi connectivity index (χ2n) is 5.49. The lowest BCUT2D eigenvalue weighted by molar-refractivity contribution is 0.233. The number of nitrogens with zero attached hydrogens (tertiary/aromatic N) is 2. The molecule has 1 saturated carbocycles. The molecule has 1 aromatic heterocycles. The van der Waals surface area contributed by atoms with Crippen molar-refractivity contribution in [2.75, 3.05) is 10.7 Å². The number of rotatable bonds is 6. The summed E-state index contributed by atoms with van der Waals surface area (Å²) in [6, 6.07) is 0. The van der Waals surface area contributed by atoms with Crippen LogP contribution >= 0.6 is 31.9 Å². The van der Waals surface area contributed by atoms with Crippen LogP contribution in [0.3, 0.4) is 0 Å². The van der Waals surface area contributed by atoms with Crippen molar-refractivity contribution >= 4 is 31.9 Å². The second-order valence-corrected chi connectivity index (χ2v) is 6.61. The minimum atomic E-state index is 0.359. The molecule has 102 valence electrons. The highest BCUT2D eigenvalue weighted by Crippen LogP contribution is 2.44. The van der Waals surface area contributed by atoms with Gasteiger partial charge in [-0.3, -0.25) is 4.68 Å². The maximum absolute atomic E-state index is 4.40. The lowest BCUT2D eigenvalue weighted by Crippen LogP contribution is -2.35. The highest BCUT2D eigenvalue weighted by molar-refractivity contribution is 9.09.